The van der Waals surface area contributed by atoms with E-state index in [9.17, 15) is 14.4 Å². The first-order chi connectivity index (χ1) is 10.5. The van der Waals surface area contributed by atoms with E-state index in [0.717, 1.165) is 5.56 Å². The van der Waals surface area contributed by atoms with E-state index < -0.39 is 6.09 Å². The lowest BCUT2D eigenvalue weighted by Gasteiger charge is -2.12. The number of nitrogens with one attached hydrogen (secondary N) is 3. The molecule has 1 aromatic rings. The van der Waals surface area contributed by atoms with Crippen molar-refractivity contribution in [2.24, 2.45) is 5.92 Å². The molecule has 7 nitrogen and oxygen atoms in total. The van der Waals surface area contributed by atoms with Gasteiger partial charge in [-0.3, -0.25) is 20.4 Å². The van der Waals surface area contributed by atoms with Crippen LogP contribution in [0, 0.1) is 5.92 Å². The number of amides is 3. The number of hydrogen-bond acceptors (Lipinski definition) is 3. The molecule has 1 saturated carbocycles. The molecule has 1 aliphatic rings. The van der Waals surface area contributed by atoms with E-state index in [1.165, 1.54) is 0 Å². The third-order valence-corrected chi connectivity index (χ3v) is 3.66. The van der Waals surface area contributed by atoms with E-state index in [0.29, 0.717) is 19.3 Å². The lowest BCUT2D eigenvalue weighted by atomic mass is 10.1. The minimum absolute atomic E-state index is 0.189. The molecule has 4 N–H and O–H groups in total. The molecule has 22 heavy (non-hydrogen) atoms. The Kier molecular flexibility index (Phi) is 5.35. The summed E-state index contributed by atoms with van der Waals surface area (Å²) in [5.74, 6) is -0.859. The number of hydrogen-bond donors (Lipinski definition) is 4. The van der Waals surface area contributed by atoms with Crippen LogP contribution < -0.4 is 16.2 Å². The van der Waals surface area contributed by atoms with Gasteiger partial charge in [-0.2, -0.15) is 0 Å². The maximum absolute atomic E-state index is 11.9. The summed E-state index contributed by atoms with van der Waals surface area (Å²) in [5.41, 5.74) is 5.65. The van der Waals surface area contributed by atoms with Crippen LogP contribution in [-0.4, -0.2) is 29.1 Å². The molecule has 118 valence electrons. The molecule has 0 heterocycles. The molecule has 1 aliphatic carbocycles. The topological polar surface area (TPSA) is 108 Å². The Bertz CT molecular complexity index is 547. The van der Waals surface area contributed by atoms with Crippen LogP contribution in [0.5, 0.6) is 0 Å². The van der Waals surface area contributed by atoms with Crippen molar-refractivity contribution in [3.8, 4) is 0 Å². The van der Waals surface area contributed by atoms with E-state index in [4.69, 9.17) is 5.11 Å². The van der Waals surface area contributed by atoms with Crippen LogP contribution in [-0.2, 0) is 16.0 Å². The molecule has 0 aliphatic heterocycles. The first-order valence-corrected chi connectivity index (χ1v) is 7.16. The standard InChI is InChI=1S/C15H19N3O4/c19-13(8-10-4-2-1-3-5-10)17-18-14(20)11-6-7-12(9-11)16-15(21)22/h1-5,11-12,16H,6-9H2,(H,17,19)(H,18,20)(H,21,22)/t11-,12-/m0/s1. The Labute approximate surface area is 128 Å². The molecule has 3 amide bonds. The minimum Gasteiger partial charge on any atom is -0.465 e. The SMILES string of the molecule is O=C(O)N[C@H]1CC[C@H](C(=O)NNC(=O)Cc2ccccc2)C1. The molecule has 0 saturated heterocycles. The molecular formula is C15H19N3O4. The lowest BCUT2D eigenvalue weighted by Crippen LogP contribution is -2.45. The zero-order chi connectivity index (χ0) is 15.9. The number of carbonyl (C=O) groups is 3. The van der Waals surface area contributed by atoms with Gasteiger partial charge in [0.2, 0.25) is 11.8 Å². The van der Waals surface area contributed by atoms with Crippen LogP contribution in [0.15, 0.2) is 30.3 Å². The third-order valence-electron chi connectivity index (χ3n) is 3.66. The molecule has 0 radical (unpaired) electrons. The average Bonchev–Trinajstić information content (AvgIpc) is 2.93. The maximum Gasteiger partial charge on any atom is 0.404 e. The Hall–Kier alpha value is -2.57. The number of hydrazine groups is 1. The van der Waals surface area contributed by atoms with E-state index in [-0.39, 0.29) is 30.2 Å². The van der Waals surface area contributed by atoms with Crippen LogP contribution in [0.2, 0.25) is 0 Å². The van der Waals surface area contributed by atoms with Gasteiger partial charge in [0.05, 0.1) is 6.42 Å². The van der Waals surface area contributed by atoms with E-state index >= 15 is 0 Å². The first kappa shape index (κ1) is 15.8. The highest BCUT2D eigenvalue weighted by molar-refractivity contribution is 5.84. The zero-order valence-corrected chi connectivity index (χ0v) is 12.0. The van der Waals surface area contributed by atoms with Crippen molar-refractivity contribution < 1.29 is 19.5 Å². The molecule has 0 bridgehead atoms. The van der Waals surface area contributed by atoms with Gasteiger partial charge in [-0.15, -0.1) is 0 Å². The quantitative estimate of drug-likeness (QED) is 0.617. The summed E-state index contributed by atoms with van der Waals surface area (Å²) in [6.45, 7) is 0. The molecule has 1 fully saturated rings. The average molecular weight is 305 g/mol. The van der Waals surface area contributed by atoms with E-state index in [1.54, 1.807) is 0 Å². The fourth-order valence-electron chi connectivity index (χ4n) is 2.58. The van der Waals surface area contributed by atoms with E-state index in [1.807, 2.05) is 30.3 Å². The highest BCUT2D eigenvalue weighted by atomic mass is 16.4. The molecule has 1 aromatic carbocycles. The van der Waals surface area contributed by atoms with Crippen LogP contribution in [0.4, 0.5) is 4.79 Å². The second-order valence-corrected chi connectivity index (χ2v) is 5.36. The summed E-state index contributed by atoms with van der Waals surface area (Å²) in [4.78, 5) is 34.2. The number of benzene rings is 1. The molecule has 0 spiro atoms. The Morgan fingerprint density at radius 1 is 1.09 bits per heavy atom. The van der Waals surface area contributed by atoms with Crippen molar-refractivity contribution in [2.75, 3.05) is 0 Å². The van der Waals surface area contributed by atoms with Gasteiger partial charge in [0, 0.05) is 12.0 Å². The molecule has 2 rings (SSSR count). The van der Waals surface area contributed by atoms with Gasteiger partial charge in [-0.05, 0) is 24.8 Å². The fraction of sp³-hybridized carbons (Fsp3) is 0.400. The van der Waals surface area contributed by atoms with Gasteiger partial charge in [-0.25, -0.2) is 4.79 Å². The van der Waals surface area contributed by atoms with Gasteiger partial charge in [0.25, 0.3) is 0 Å². The smallest absolute Gasteiger partial charge is 0.404 e. The Morgan fingerprint density at radius 3 is 2.50 bits per heavy atom. The predicted octanol–water partition coefficient (Wildman–Crippen LogP) is 0.813. The van der Waals surface area contributed by atoms with Crippen molar-refractivity contribution in [1.29, 1.82) is 0 Å². The highest BCUT2D eigenvalue weighted by Crippen LogP contribution is 2.25. The minimum atomic E-state index is -1.08. The third kappa shape index (κ3) is 4.76. The largest absolute Gasteiger partial charge is 0.465 e. The molecular weight excluding hydrogens is 286 g/mol. The fourth-order valence-corrected chi connectivity index (χ4v) is 2.58. The summed E-state index contributed by atoms with van der Waals surface area (Å²) in [6, 6.07) is 9.02. The maximum atomic E-state index is 11.9. The number of carbonyl (C=O) groups excluding carboxylic acids is 2. The first-order valence-electron chi connectivity index (χ1n) is 7.16. The van der Waals surface area contributed by atoms with Gasteiger partial charge in [-0.1, -0.05) is 30.3 Å². The van der Waals surface area contributed by atoms with Crippen molar-refractivity contribution in [2.45, 2.75) is 31.7 Å². The summed E-state index contributed by atoms with van der Waals surface area (Å²) in [5, 5.41) is 11.0. The van der Waals surface area contributed by atoms with Crippen LogP contribution in [0.1, 0.15) is 24.8 Å². The molecule has 0 unspecified atom stereocenters. The summed E-state index contributed by atoms with van der Waals surface area (Å²) in [7, 11) is 0. The van der Waals surface area contributed by atoms with Gasteiger partial charge in [0.1, 0.15) is 0 Å². The Balaban J connectivity index is 1.71. The number of carboxylic acid groups (broad SMARTS) is 1. The van der Waals surface area contributed by atoms with Crippen LogP contribution >= 0.6 is 0 Å². The number of rotatable bonds is 4. The van der Waals surface area contributed by atoms with Crippen molar-refractivity contribution in [3.05, 3.63) is 35.9 Å². The van der Waals surface area contributed by atoms with Crippen LogP contribution in [0.3, 0.4) is 0 Å². The van der Waals surface area contributed by atoms with Crippen molar-refractivity contribution >= 4 is 17.9 Å². The van der Waals surface area contributed by atoms with Crippen molar-refractivity contribution in [1.82, 2.24) is 16.2 Å². The molecule has 7 heteroatoms. The zero-order valence-electron chi connectivity index (χ0n) is 12.0. The molecule has 0 aromatic heterocycles. The van der Waals surface area contributed by atoms with Gasteiger partial charge in [0.15, 0.2) is 0 Å². The Morgan fingerprint density at radius 2 is 1.82 bits per heavy atom. The second-order valence-electron chi connectivity index (χ2n) is 5.36. The highest BCUT2D eigenvalue weighted by Gasteiger charge is 2.30. The predicted molar refractivity (Wildman–Crippen MR) is 78.7 cm³/mol. The second kappa shape index (κ2) is 7.44. The van der Waals surface area contributed by atoms with E-state index in [2.05, 4.69) is 16.2 Å². The van der Waals surface area contributed by atoms with Crippen molar-refractivity contribution in [3.63, 3.8) is 0 Å². The lowest BCUT2D eigenvalue weighted by molar-refractivity contribution is -0.130. The summed E-state index contributed by atoms with van der Waals surface area (Å²) < 4.78 is 0. The summed E-state index contributed by atoms with van der Waals surface area (Å²) in [6.07, 6.45) is 0.789. The normalized spacial score (nSPS) is 20.2. The summed E-state index contributed by atoms with van der Waals surface area (Å²) >= 11 is 0. The van der Waals surface area contributed by atoms with Gasteiger partial charge < -0.3 is 10.4 Å². The monoisotopic (exact) mass is 305 g/mol. The molecule has 2 atom stereocenters. The van der Waals surface area contributed by atoms with Gasteiger partial charge >= 0.3 is 6.09 Å². The van der Waals surface area contributed by atoms with Crippen LogP contribution in [0.25, 0.3) is 0 Å².